The molecule has 1 heterocycles. The number of ether oxygens (including phenoxy) is 1. The summed E-state index contributed by atoms with van der Waals surface area (Å²) in [4.78, 5) is 2.55. The first-order chi connectivity index (χ1) is 7.95. The molecule has 1 aliphatic carbocycles. The van der Waals surface area contributed by atoms with Crippen molar-refractivity contribution in [3.63, 3.8) is 0 Å². The van der Waals surface area contributed by atoms with Gasteiger partial charge in [-0.1, -0.05) is 12.8 Å². The van der Waals surface area contributed by atoms with Crippen LogP contribution in [-0.4, -0.2) is 50.3 Å². The van der Waals surface area contributed by atoms with Crippen molar-refractivity contribution >= 4 is 0 Å². The maximum absolute atomic E-state index is 5.80. The zero-order valence-electron chi connectivity index (χ0n) is 10.4. The molecule has 0 aromatic carbocycles. The molecule has 1 N–H and O–H groups in total. The Hall–Kier alpha value is -0.120. The first-order valence-electron chi connectivity index (χ1n) is 7.00. The first-order valence-corrected chi connectivity index (χ1v) is 7.00. The van der Waals surface area contributed by atoms with Crippen LogP contribution in [0.3, 0.4) is 0 Å². The van der Waals surface area contributed by atoms with E-state index in [2.05, 4.69) is 10.2 Å². The van der Waals surface area contributed by atoms with Gasteiger partial charge in [-0.25, -0.2) is 0 Å². The molecule has 2 aliphatic rings. The van der Waals surface area contributed by atoms with Crippen LogP contribution in [0.2, 0.25) is 0 Å². The van der Waals surface area contributed by atoms with Crippen LogP contribution in [0, 0.1) is 0 Å². The van der Waals surface area contributed by atoms with Crippen LogP contribution in [0.5, 0.6) is 0 Å². The molecule has 0 spiro atoms. The first kappa shape index (κ1) is 12.3. The van der Waals surface area contributed by atoms with E-state index in [1.807, 2.05) is 0 Å². The third-order valence-corrected chi connectivity index (χ3v) is 3.74. The predicted octanol–water partition coefficient (Wildman–Crippen LogP) is 1.63. The monoisotopic (exact) mass is 226 g/mol. The molecule has 2 rings (SSSR count). The standard InChI is InChI=1S/C13H26N2O/c1-2-6-13(5-1)16-12-8-14-7-11-15-9-3-4-10-15/h13-14H,1-12H2. The summed E-state index contributed by atoms with van der Waals surface area (Å²) in [6.07, 6.45) is 8.66. The minimum Gasteiger partial charge on any atom is -0.377 e. The lowest BCUT2D eigenvalue weighted by molar-refractivity contribution is 0.0602. The maximum atomic E-state index is 5.80. The van der Waals surface area contributed by atoms with E-state index >= 15 is 0 Å². The summed E-state index contributed by atoms with van der Waals surface area (Å²) < 4.78 is 5.80. The van der Waals surface area contributed by atoms with Gasteiger partial charge in [0.25, 0.3) is 0 Å². The Labute approximate surface area is 99.5 Å². The van der Waals surface area contributed by atoms with Crippen LogP contribution in [-0.2, 0) is 4.74 Å². The van der Waals surface area contributed by atoms with E-state index in [1.165, 1.54) is 58.2 Å². The van der Waals surface area contributed by atoms with Crippen molar-refractivity contribution in [2.24, 2.45) is 0 Å². The molecule has 94 valence electrons. The average molecular weight is 226 g/mol. The minimum absolute atomic E-state index is 0.570. The van der Waals surface area contributed by atoms with Gasteiger partial charge in [0.1, 0.15) is 0 Å². The second-order valence-corrected chi connectivity index (χ2v) is 5.08. The van der Waals surface area contributed by atoms with Gasteiger partial charge in [0.2, 0.25) is 0 Å². The Morgan fingerprint density at radius 3 is 2.50 bits per heavy atom. The Morgan fingerprint density at radius 2 is 1.75 bits per heavy atom. The lowest BCUT2D eigenvalue weighted by Crippen LogP contribution is -2.32. The summed E-state index contributed by atoms with van der Waals surface area (Å²) in [6.45, 7) is 6.85. The number of rotatable bonds is 7. The van der Waals surface area contributed by atoms with E-state index in [1.54, 1.807) is 0 Å². The normalized spacial score (nSPS) is 23.2. The van der Waals surface area contributed by atoms with Crippen molar-refractivity contribution in [3.05, 3.63) is 0 Å². The highest BCUT2D eigenvalue weighted by Crippen LogP contribution is 2.20. The molecule has 0 unspecified atom stereocenters. The minimum atomic E-state index is 0.570. The van der Waals surface area contributed by atoms with Crippen molar-refractivity contribution in [1.29, 1.82) is 0 Å². The Morgan fingerprint density at radius 1 is 1.00 bits per heavy atom. The molecule has 1 saturated heterocycles. The Bertz CT molecular complexity index is 155. The molecule has 2 fully saturated rings. The highest BCUT2D eigenvalue weighted by Gasteiger charge is 2.14. The number of nitrogens with one attached hydrogen (secondary N) is 1. The van der Waals surface area contributed by atoms with Crippen LogP contribution in [0.1, 0.15) is 38.5 Å². The van der Waals surface area contributed by atoms with Gasteiger partial charge in [-0.3, -0.25) is 0 Å². The lowest BCUT2D eigenvalue weighted by Gasteiger charge is -2.15. The third-order valence-electron chi connectivity index (χ3n) is 3.74. The van der Waals surface area contributed by atoms with Gasteiger partial charge in [0.15, 0.2) is 0 Å². The van der Waals surface area contributed by atoms with Gasteiger partial charge in [-0.2, -0.15) is 0 Å². The van der Waals surface area contributed by atoms with Gasteiger partial charge < -0.3 is 15.0 Å². The van der Waals surface area contributed by atoms with Crippen LogP contribution >= 0.6 is 0 Å². The van der Waals surface area contributed by atoms with Crippen molar-refractivity contribution in [2.45, 2.75) is 44.6 Å². The summed E-state index contributed by atoms with van der Waals surface area (Å²) in [5, 5.41) is 3.47. The van der Waals surface area contributed by atoms with Crippen molar-refractivity contribution in [2.75, 3.05) is 39.3 Å². The lowest BCUT2D eigenvalue weighted by atomic mass is 10.3. The van der Waals surface area contributed by atoms with Crippen LogP contribution < -0.4 is 5.32 Å². The second-order valence-electron chi connectivity index (χ2n) is 5.08. The summed E-state index contributed by atoms with van der Waals surface area (Å²) in [7, 11) is 0. The molecule has 0 bridgehead atoms. The maximum Gasteiger partial charge on any atom is 0.0594 e. The summed E-state index contributed by atoms with van der Waals surface area (Å²) >= 11 is 0. The third kappa shape index (κ3) is 4.40. The van der Waals surface area contributed by atoms with Gasteiger partial charge in [-0.15, -0.1) is 0 Å². The second kappa shape index (κ2) is 7.25. The number of nitrogens with zero attached hydrogens (tertiary/aromatic N) is 1. The van der Waals surface area contributed by atoms with Gasteiger partial charge in [0.05, 0.1) is 12.7 Å². The van der Waals surface area contributed by atoms with E-state index in [9.17, 15) is 0 Å². The summed E-state index contributed by atoms with van der Waals surface area (Å²) in [5.41, 5.74) is 0. The molecule has 1 saturated carbocycles. The fourth-order valence-corrected chi connectivity index (χ4v) is 2.72. The average Bonchev–Trinajstić information content (AvgIpc) is 2.96. The molecule has 16 heavy (non-hydrogen) atoms. The quantitative estimate of drug-likeness (QED) is 0.668. The molecule has 0 aromatic heterocycles. The predicted molar refractivity (Wildman–Crippen MR) is 66.8 cm³/mol. The number of likely N-dealkylation sites (tertiary alicyclic amines) is 1. The topological polar surface area (TPSA) is 24.5 Å². The fraction of sp³-hybridized carbons (Fsp3) is 1.00. The molecule has 0 atom stereocenters. The zero-order valence-corrected chi connectivity index (χ0v) is 10.4. The molecule has 0 radical (unpaired) electrons. The van der Waals surface area contributed by atoms with Crippen molar-refractivity contribution < 1.29 is 4.74 Å². The van der Waals surface area contributed by atoms with Crippen LogP contribution in [0.15, 0.2) is 0 Å². The van der Waals surface area contributed by atoms with Crippen LogP contribution in [0.25, 0.3) is 0 Å². The fourth-order valence-electron chi connectivity index (χ4n) is 2.72. The summed E-state index contributed by atoms with van der Waals surface area (Å²) in [6, 6.07) is 0. The Kier molecular flexibility index (Phi) is 5.59. The van der Waals surface area contributed by atoms with E-state index in [4.69, 9.17) is 4.74 Å². The largest absolute Gasteiger partial charge is 0.377 e. The highest BCUT2D eigenvalue weighted by atomic mass is 16.5. The number of hydrogen-bond acceptors (Lipinski definition) is 3. The SMILES string of the molecule is C1CCC(OCCNCCN2CCCC2)C1. The highest BCUT2D eigenvalue weighted by molar-refractivity contribution is 4.68. The van der Waals surface area contributed by atoms with Crippen LogP contribution in [0.4, 0.5) is 0 Å². The number of hydrogen-bond donors (Lipinski definition) is 1. The van der Waals surface area contributed by atoms with E-state index < -0.39 is 0 Å². The summed E-state index contributed by atoms with van der Waals surface area (Å²) in [5.74, 6) is 0. The molecular weight excluding hydrogens is 200 g/mol. The van der Waals surface area contributed by atoms with Gasteiger partial charge in [0, 0.05) is 19.6 Å². The molecule has 0 aromatic rings. The van der Waals surface area contributed by atoms with Crippen molar-refractivity contribution in [1.82, 2.24) is 10.2 Å². The van der Waals surface area contributed by atoms with Crippen molar-refractivity contribution in [3.8, 4) is 0 Å². The van der Waals surface area contributed by atoms with E-state index in [-0.39, 0.29) is 0 Å². The van der Waals surface area contributed by atoms with E-state index in [0.717, 1.165) is 19.7 Å². The molecule has 0 amide bonds. The molecule has 3 heteroatoms. The Balaban J connectivity index is 1.37. The van der Waals surface area contributed by atoms with E-state index in [0.29, 0.717) is 6.10 Å². The van der Waals surface area contributed by atoms with Gasteiger partial charge in [-0.05, 0) is 38.8 Å². The zero-order chi connectivity index (χ0) is 11.1. The smallest absolute Gasteiger partial charge is 0.0594 e. The van der Waals surface area contributed by atoms with Gasteiger partial charge >= 0.3 is 0 Å². The molecule has 1 aliphatic heterocycles. The molecule has 3 nitrogen and oxygen atoms in total. The molecular formula is C13H26N2O.